The molecule has 0 spiro atoms. The summed E-state index contributed by atoms with van der Waals surface area (Å²) in [4.78, 5) is 0. The number of aliphatic hydroxyl groups is 1. The lowest BCUT2D eigenvalue weighted by atomic mass is 10.1. The van der Waals surface area contributed by atoms with E-state index < -0.39 is 6.10 Å². The second-order valence-corrected chi connectivity index (χ2v) is 3.92. The van der Waals surface area contributed by atoms with Crippen LogP contribution in [0.5, 0.6) is 0 Å². The Kier molecular flexibility index (Phi) is 2.14. The maximum Gasteiger partial charge on any atom is 0.135 e. The molecule has 0 bridgehead atoms. The minimum atomic E-state index is -0.474. The van der Waals surface area contributed by atoms with Gasteiger partial charge >= 0.3 is 0 Å². The second kappa shape index (κ2) is 3.16. The third-order valence-electron chi connectivity index (χ3n) is 2.02. The van der Waals surface area contributed by atoms with Gasteiger partial charge in [0.15, 0.2) is 0 Å². The van der Waals surface area contributed by atoms with Crippen molar-refractivity contribution in [3.8, 4) is 0 Å². The van der Waals surface area contributed by atoms with Crippen LogP contribution in [0.4, 0.5) is 0 Å². The molecule has 0 aliphatic rings. The van der Waals surface area contributed by atoms with Crippen molar-refractivity contribution < 1.29 is 9.52 Å². The predicted octanol–water partition coefficient (Wildman–Crippen LogP) is 3.25. The van der Waals surface area contributed by atoms with Gasteiger partial charge in [-0.1, -0.05) is 15.9 Å². The Labute approximate surface area is 84.3 Å². The Bertz CT molecular complexity index is 431. The van der Waals surface area contributed by atoms with Gasteiger partial charge in [-0.05, 0) is 30.7 Å². The van der Waals surface area contributed by atoms with Gasteiger partial charge in [0.2, 0.25) is 0 Å². The van der Waals surface area contributed by atoms with Crippen molar-refractivity contribution in [2.75, 3.05) is 0 Å². The Morgan fingerprint density at radius 1 is 1.46 bits per heavy atom. The molecule has 0 aliphatic carbocycles. The molecule has 68 valence electrons. The van der Waals surface area contributed by atoms with Crippen molar-refractivity contribution in [2.45, 2.75) is 13.0 Å². The summed E-state index contributed by atoms with van der Waals surface area (Å²) in [6.07, 6.45) is 1.15. The molecule has 1 atom stereocenters. The summed E-state index contributed by atoms with van der Waals surface area (Å²) < 4.78 is 6.17. The van der Waals surface area contributed by atoms with Crippen molar-refractivity contribution >= 4 is 26.9 Å². The van der Waals surface area contributed by atoms with Gasteiger partial charge in [0.05, 0.1) is 12.4 Å². The maximum absolute atomic E-state index is 9.50. The van der Waals surface area contributed by atoms with Crippen LogP contribution in [-0.2, 0) is 0 Å². The van der Waals surface area contributed by atoms with E-state index in [1.165, 1.54) is 0 Å². The van der Waals surface area contributed by atoms with Crippen molar-refractivity contribution in [1.82, 2.24) is 0 Å². The summed E-state index contributed by atoms with van der Waals surface area (Å²) in [7, 11) is 0. The average Bonchev–Trinajstić information content (AvgIpc) is 2.49. The Morgan fingerprint density at radius 3 is 2.92 bits per heavy atom. The highest BCUT2D eigenvalue weighted by molar-refractivity contribution is 9.10. The molecule has 0 aliphatic heterocycles. The summed E-state index contributed by atoms with van der Waals surface area (Å²) in [5.41, 5.74) is 1.68. The Balaban J connectivity index is 2.77. The molecule has 1 N–H and O–H groups in total. The van der Waals surface area contributed by atoms with Crippen molar-refractivity contribution in [1.29, 1.82) is 0 Å². The first-order valence-electron chi connectivity index (χ1n) is 4.03. The van der Waals surface area contributed by atoms with E-state index in [-0.39, 0.29) is 0 Å². The van der Waals surface area contributed by atoms with Crippen LogP contribution in [0, 0.1) is 0 Å². The van der Waals surface area contributed by atoms with Gasteiger partial charge in [0.1, 0.15) is 5.58 Å². The second-order valence-electron chi connectivity index (χ2n) is 3.00. The van der Waals surface area contributed by atoms with Crippen molar-refractivity contribution in [3.63, 3.8) is 0 Å². The van der Waals surface area contributed by atoms with Crippen LogP contribution in [0.25, 0.3) is 11.0 Å². The van der Waals surface area contributed by atoms with Crippen LogP contribution in [0.1, 0.15) is 18.6 Å². The number of hydrogen-bond donors (Lipinski definition) is 1. The molecule has 0 saturated heterocycles. The van der Waals surface area contributed by atoms with E-state index >= 15 is 0 Å². The zero-order chi connectivity index (χ0) is 9.42. The molecule has 3 heteroatoms. The molecule has 2 nitrogen and oxygen atoms in total. The normalized spacial score (nSPS) is 13.5. The lowest BCUT2D eigenvalue weighted by Crippen LogP contribution is -1.91. The third kappa shape index (κ3) is 1.49. The molecule has 1 aromatic heterocycles. The zero-order valence-corrected chi connectivity index (χ0v) is 8.71. The van der Waals surface area contributed by atoms with E-state index in [0.717, 1.165) is 21.0 Å². The summed E-state index contributed by atoms with van der Waals surface area (Å²) in [6, 6.07) is 5.66. The van der Waals surface area contributed by atoms with Crippen LogP contribution >= 0.6 is 15.9 Å². The molecule has 1 heterocycles. The first-order chi connectivity index (χ1) is 6.18. The van der Waals surface area contributed by atoms with Gasteiger partial charge in [0.25, 0.3) is 0 Å². The average molecular weight is 241 g/mol. The standard InChI is InChI=1S/C10H9BrO2/c1-6(12)9-4-7(11)5-10-8(9)2-3-13-10/h2-6,12H,1H3/t6-/m1/s1. The van der Waals surface area contributed by atoms with E-state index in [1.54, 1.807) is 13.2 Å². The number of aliphatic hydroxyl groups excluding tert-OH is 1. The molecule has 13 heavy (non-hydrogen) atoms. The predicted molar refractivity (Wildman–Crippen MR) is 54.5 cm³/mol. The zero-order valence-electron chi connectivity index (χ0n) is 7.12. The highest BCUT2D eigenvalue weighted by Gasteiger charge is 2.09. The summed E-state index contributed by atoms with van der Waals surface area (Å²) in [6.45, 7) is 1.74. The number of furan rings is 1. The van der Waals surface area contributed by atoms with Crippen LogP contribution < -0.4 is 0 Å². The molecule has 2 rings (SSSR count). The van der Waals surface area contributed by atoms with Crippen LogP contribution in [0.2, 0.25) is 0 Å². The summed E-state index contributed by atoms with van der Waals surface area (Å²) in [5.74, 6) is 0. The van der Waals surface area contributed by atoms with Gasteiger partial charge in [-0.3, -0.25) is 0 Å². The number of hydrogen-bond acceptors (Lipinski definition) is 2. The number of benzene rings is 1. The smallest absolute Gasteiger partial charge is 0.135 e. The fourth-order valence-corrected chi connectivity index (χ4v) is 1.86. The van der Waals surface area contributed by atoms with Gasteiger partial charge < -0.3 is 9.52 Å². The lowest BCUT2D eigenvalue weighted by Gasteiger charge is -2.06. The van der Waals surface area contributed by atoms with Crippen LogP contribution in [-0.4, -0.2) is 5.11 Å². The minimum Gasteiger partial charge on any atom is -0.464 e. The topological polar surface area (TPSA) is 33.4 Å². The van der Waals surface area contributed by atoms with Gasteiger partial charge in [-0.25, -0.2) is 0 Å². The van der Waals surface area contributed by atoms with E-state index in [9.17, 15) is 5.11 Å². The van der Waals surface area contributed by atoms with Gasteiger partial charge in [-0.2, -0.15) is 0 Å². The molecule has 0 fully saturated rings. The third-order valence-corrected chi connectivity index (χ3v) is 2.48. The van der Waals surface area contributed by atoms with Gasteiger partial charge in [-0.15, -0.1) is 0 Å². The Hall–Kier alpha value is -0.800. The van der Waals surface area contributed by atoms with Crippen molar-refractivity contribution in [3.05, 3.63) is 34.5 Å². The highest BCUT2D eigenvalue weighted by Crippen LogP contribution is 2.29. The maximum atomic E-state index is 9.50. The number of halogens is 1. The molecule has 1 aromatic carbocycles. The van der Waals surface area contributed by atoms with E-state index in [0.29, 0.717) is 0 Å². The first-order valence-corrected chi connectivity index (χ1v) is 4.82. The molecule has 0 amide bonds. The minimum absolute atomic E-state index is 0.474. The van der Waals surface area contributed by atoms with Crippen molar-refractivity contribution in [2.24, 2.45) is 0 Å². The molecule has 0 radical (unpaired) electrons. The fraction of sp³-hybridized carbons (Fsp3) is 0.200. The molecule has 0 saturated carbocycles. The molecule has 2 aromatic rings. The number of rotatable bonds is 1. The Morgan fingerprint density at radius 2 is 2.23 bits per heavy atom. The highest BCUT2D eigenvalue weighted by atomic mass is 79.9. The van der Waals surface area contributed by atoms with E-state index in [2.05, 4.69) is 15.9 Å². The summed E-state index contributed by atoms with van der Waals surface area (Å²) >= 11 is 3.37. The monoisotopic (exact) mass is 240 g/mol. The van der Waals surface area contributed by atoms with E-state index in [4.69, 9.17) is 4.42 Å². The largest absolute Gasteiger partial charge is 0.464 e. The van der Waals surface area contributed by atoms with Crippen LogP contribution in [0.3, 0.4) is 0 Å². The molecular weight excluding hydrogens is 232 g/mol. The fourth-order valence-electron chi connectivity index (χ4n) is 1.41. The molecular formula is C10H9BrO2. The first kappa shape index (κ1) is 8.78. The quantitative estimate of drug-likeness (QED) is 0.831. The van der Waals surface area contributed by atoms with Gasteiger partial charge in [0, 0.05) is 9.86 Å². The SMILES string of the molecule is C[C@@H](O)c1cc(Br)cc2occc12. The van der Waals surface area contributed by atoms with Crippen LogP contribution in [0.15, 0.2) is 33.4 Å². The number of fused-ring (bicyclic) bond motifs is 1. The lowest BCUT2D eigenvalue weighted by molar-refractivity contribution is 0.201. The van der Waals surface area contributed by atoms with E-state index in [1.807, 2.05) is 18.2 Å². The molecule has 0 unspecified atom stereocenters. The summed E-state index contributed by atoms with van der Waals surface area (Å²) in [5, 5.41) is 10.5.